The van der Waals surface area contributed by atoms with Crippen molar-refractivity contribution in [3.05, 3.63) is 29.6 Å². The van der Waals surface area contributed by atoms with Crippen molar-refractivity contribution in [3.8, 4) is 0 Å². The van der Waals surface area contributed by atoms with E-state index < -0.39 is 12.0 Å². The molecule has 0 aromatic heterocycles. The van der Waals surface area contributed by atoms with E-state index in [2.05, 4.69) is 27.7 Å². The summed E-state index contributed by atoms with van der Waals surface area (Å²) in [6.07, 6.45) is 3.26. The van der Waals surface area contributed by atoms with Crippen LogP contribution in [-0.2, 0) is 4.79 Å². The Bertz CT molecular complexity index is 556. The van der Waals surface area contributed by atoms with Gasteiger partial charge in [-0.3, -0.25) is 0 Å². The fraction of sp³-hybridized carbons (Fsp3) is 0.611. The molecule has 4 heteroatoms. The Hall–Kier alpha value is -1.58. The zero-order valence-corrected chi connectivity index (χ0v) is 13.9. The predicted octanol–water partition coefficient (Wildman–Crippen LogP) is 4.56. The van der Waals surface area contributed by atoms with Crippen LogP contribution in [0.5, 0.6) is 0 Å². The Morgan fingerprint density at radius 2 is 2.18 bits per heavy atom. The molecule has 0 fully saturated rings. The van der Waals surface area contributed by atoms with Crippen LogP contribution in [0.3, 0.4) is 0 Å². The Morgan fingerprint density at radius 1 is 1.50 bits per heavy atom. The zero-order valence-electron chi connectivity index (χ0n) is 13.9. The lowest BCUT2D eigenvalue weighted by atomic mass is 9.78. The van der Waals surface area contributed by atoms with E-state index in [1.807, 2.05) is 4.90 Å². The molecule has 0 spiro atoms. The zero-order chi connectivity index (χ0) is 16.5. The number of halogens is 1. The van der Waals surface area contributed by atoms with Gasteiger partial charge in [-0.05, 0) is 56.4 Å². The summed E-state index contributed by atoms with van der Waals surface area (Å²) >= 11 is 0. The van der Waals surface area contributed by atoms with Gasteiger partial charge in [0, 0.05) is 11.2 Å². The summed E-state index contributed by atoms with van der Waals surface area (Å²) in [6, 6.07) is 4.16. The molecule has 0 saturated carbocycles. The summed E-state index contributed by atoms with van der Waals surface area (Å²) in [6.45, 7) is 8.31. The molecule has 2 atom stereocenters. The second-order valence-electron chi connectivity index (χ2n) is 6.99. The monoisotopic (exact) mass is 307 g/mol. The first-order chi connectivity index (χ1) is 10.3. The molecule has 0 bridgehead atoms. The maximum atomic E-state index is 13.6. The number of rotatable bonds is 5. The van der Waals surface area contributed by atoms with Gasteiger partial charge in [-0.1, -0.05) is 26.7 Å². The normalized spacial score (nSPS) is 21.3. The minimum Gasteiger partial charge on any atom is -0.480 e. The van der Waals surface area contributed by atoms with Gasteiger partial charge in [-0.15, -0.1) is 0 Å². The van der Waals surface area contributed by atoms with Gasteiger partial charge in [0.15, 0.2) is 0 Å². The van der Waals surface area contributed by atoms with Gasteiger partial charge in [-0.25, -0.2) is 9.18 Å². The summed E-state index contributed by atoms with van der Waals surface area (Å²) in [5.41, 5.74) is 1.52. The van der Waals surface area contributed by atoms with Gasteiger partial charge in [0.2, 0.25) is 0 Å². The highest BCUT2D eigenvalue weighted by Crippen LogP contribution is 2.45. The van der Waals surface area contributed by atoms with Crippen LogP contribution in [0.1, 0.15) is 64.9 Å². The molecule has 3 nitrogen and oxygen atoms in total. The molecular formula is C18H26FNO2. The predicted molar refractivity (Wildman–Crippen MR) is 86.9 cm³/mol. The van der Waals surface area contributed by atoms with Crippen molar-refractivity contribution in [2.45, 2.75) is 70.9 Å². The molecule has 0 radical (unpaired) electrons. The summed E-state index contributed by atoms with van der Waals surface area (Å²) < 4.78 is 13.6. The molecule has 2 rings (SSSR count). The van der Waals surface area contributed by atoms with Crippen LogP contribution in [0.15, 0.2) is 18.2 Å². The SMILES string of the molecule is CCCC[C@@H](C(=O)O)N1c2ccc(F)cc2[C@@H](C)CC1(C)C. The number of carboxylic acids is 1. The Kier molecular flexibility index (Phi) is 4.78. The van der Waals surface area contributed by atoms with Gasteiger partial charge in [0.1, 0.15) is 11.9 Å². The second kappa shape index (κ2) is 6.27. The van der Waals surface area contributed by atoms with Crippen molar-refractivity contribution in [1.82, 2.24) is 0 Å². The fourth-order valence-corrected chi connectivity index (χ4v) is 3.77. The largest absolute Gasteiger partial charge is 0.480 e. The van der Waals surface area contributed by atoms with E-state index in [4.69, 9.17) is 0 Å². The van der Waals surface area contributed by atoms with E-state index in [0.717, 1.165) is 30.5 Å². The minimum absolute atomic E-state index is 0.220. The van der Waals surface area contributed by atoms with Crippen molar-refractivity contribution in [1.29, 1.82) is 0 Å². The number of unbranched alkanes of at least 4 members (excludes halogenated alkanes) is 1. The average molecular weight is 307 g/mol. The highest BCUT2D eigenvalue weighted by atomic mass is 19.1. The van der Waals surface area contributed by atoms with E-state index in [1.54, 1.807) is 12.1 Å². The maximum absolute atomic E-state index is 13.6. The van der Waals surface area contributed by atoms with Crippen molar-refractivity contribution >= 4 is 11.7 Å². The minimum atomic E-state index is -0.800. The van der Waals surface area contributed by atoms with Gasteiger partial charge in [-0.2, -0.15) is 0 Å². The number of carboxylic acid groups (broad SMARTS) is 1. The molecule has 0 unspecified atom stereocenters. The van der Waals surface area contributed by atoms with Gasteiger partial charge in [0.05, 0.1) is 0 Å². The number of fused-ring (bicyclic) bond motifs is 1. The number of carbonyl (C=O) groups is 1. The third kappa shape index (κ3) is 3.11. The topological polar surface area (TPSA) is 40.5 Å². The number of benzene rings is 1. The van der Waals surface area contributed by atoms with Crippen LogP contribution in [0.2, 0.25) is 0 Å². The van der Waals surface area contributed by atoms with Crippen molar-refractivity contribution in [3.63, 3.8) is 0 Å². The van der Waals surface area contributed by atoms with Crippen LogP contribution >= 0.6 is 0 Å². The average Bonchev–Trinajstić information content (AvgIpc) is 2.41. The highest BCUT2D eigenvalue weighted by molar-refractivity contribution is 5.80. The van der Waals surface area contributed by atoms with Gasteiger partial charge >= 0.3 is 5.97 Å². The van der Waals surface area contributed by atoms with Crippen LogP contribution in [0.25, 0.3) is 0 Å². The lowest BCUT2D eigenvalue weighted by Gasteiger charge is -2.50. The second-order valence-corrected chi connectivity index (χ2v) is 6.99. The van der Waals surface area contributed by atoms with E-state index in [-0.39, 0.29) is 17.3 Å². The molecular weight excluding hydrogens is 281 g/mol. The van der Waals surface area contributed by atoms with Gasteiger partial charge in [0.25, 0.3) is 0 Å². The fourth-order valence-electron chi connectivity index (χ4n) is 3.77. The first-order valence-electron chi connectivity index (χ1n) is 8.09. The number of anilines is 1. The molecule has 1 aliphatic heterocycles. The van der Waals surface area contributed by atoms with Gasteiger partial charge < -0.3 is 10.0 Å². The standard InChI is InChI=1S/C18H26FNO2/c1-5-6-7-16(17(21)22)20-15-9-8-13(19)10-14(15)12(2)11-18(20,3)4/h8-10,12,16H,5-7,11H2,1-4H3,(H,21,22)/t12-,16-/m0/s1. The Morgan fingerprint density at radius 3 is 2.77 bits per heavy atom. The molecule has 1 aromatic rings. The molecule has 0 amide bonds. The smallest absolute Gasteiger partial charge is 0.326 e. The summed E-state index contributed by atoms with van der Waals surface area (Å²) in [7, 11) is 0. The number of nitrogens with zero attached hydrogens (tertiary/aromatic N) is 1. The van der Waals surface area contributed by atoms with Crippen LogP contribution in [-0.4, -0.2) is 22.7 Å². The Balaban J connectivity index is 2.51. The van der Waals surface area contributed by atoms with E-state index in [1.165, 1.54) is 6.07 Å². The quantitative estimate of drug-likeness (QED) is 0.867. The summed E-state index contributed by atoms with van der Waals surface area (Å²) in [4.78, 5) is 13.8. The van der Waals surface area contributed by atoms with Crippen molar-refractivity contribution in [2.75, 3.05) is 4.90 Å². The molecule has 1 N–H and O–H groups in total. The molecule has 22 heavy (non-hydrogen) atoms. The van der Waals surface area contributed by atoms with Crippen molar-refractivity contribution < 1.29 is 14.3 Å². The molecule has 1 aromatic carbocycles. The number of hydrogen-bond acceptors (Lipinski definition) is 2. The molecule has 0 aliphatic carbocycles. The first-order valence-corrected chi connectivity index (χ1v) is 8.09. The van der Waals surface area contributed by atoms with Crippen LogP contribution in [0.4, 0.5) is 10.1 Å². The lowest BCUT2D eigenvalue weighted by Crippen LogP contribution is -2.56. The number of aliphatic carboxylic acids is 1. The third-order valence-corrected chi connectivity index (χ3v) is 4.67. The van der Waals surface area contributed by atoms with Crippen LogP contribution in [0, 0.1) is 5.82 Å². The summed E-state index contributed by atoms with van der Waals surface area (Å²) in [5, 5.41) is 9.71. The van der Waals surface area contributed by atoms with E-state index in [0.29, 0.717) is 6.42 Å². The third-order valence-electron chi connectivity index (χ3n) is 4.67. The Labute approximate surface area is 132 Å². The van der Waals surface area contributed by atoms with Crippen LogP contribution < -0.4 is 4.90 Å². The lowest BCUT2D eigenvalue weighted by molar-refractivity contribution is -0.139. The highest BCUT2D eigenvalue weighted by Gasteiger charge is 2.42. The summed E-state index contributed by atoms with van der Waals surface area (Å²) in [5.74, 6) is -0.838. The maximum Gasteiger partial charge on any atom is 0.326 e. The molecule has 1 heterocycles. The molecule has 122 valence electrons. The molecule has 0 saturated heterocycles. The van der Waals surface area contributed by atoms with Crippen molar-refractivity contribution in [2.24, 2.45) is 0 Å². The van der Waals surface area contributed by atoms with E-state index in [9.17, 15) is 14.3 Å². The molecule has 1 aliphatic rings. The first kappa shape index (κ1) is 16.8. The number of hydrogen-bond donors (Lipinski definition) is 1. The van der Waals surface area contributed by atoms with E-state index >= 15 is 0 Å².